The van der Waals surface area contributed by atoms with Crippen LogP contribution in [-0.2, 0) is 9.59 Å². The molecule has 1 unspecified atom stereocenters. The van der Waals surface area contributed by atoms with Gasteiger partial charge in [0, 0.05) is 32.7 Å². The third-order valence-electron chi connectivity index (χ3n) is 7.88. The van der Waals surface area contributed by atoms with Gasteiger partial charge in [-0.25, -0.2) is 0 Å². The number of hydrogen-bond donors (Lipinski definition) is 3. The lowest BCUT2D eigenvalue weighted by atomic mass is 10.1. The first-order valence-electron chi connectivity index (χ1n) is 16.2. The summed E-state index contributed by atoms with van der Waals surface area (Å²) in [5.74, 6) is -0.759. The van der Waals surface area contributed by atoms with Crippen LogP contribution in [0.15, 0.2) is 155 Å². The lowest BCUT2D eigenvalue weighted by Crippen LogP contribution is -2.30. The van der Waals surface area contributed by atoms with Gasteiger partial charge in [0.15, 0.2) is 0 Å². The van der Waals surface area contributed by atoms with Gasteiger partial charge in [-0.2, -0.15) is 5.26 Å². The standard InChI is InChI=1S/C42H32N4O4S2/c1-50-37-23-12-11-20-31(37)24-36(45-39(47)30-18-9-4-10-19-30)40(48)44-32-21-13-22-33(25-32)52-38(29-16-7-3-8-17-29)41(49)46-42-34(26-43)35(27-51-42)28-14-5-2-6-15-28/h2-25,27,38H,1H3,(H,44,48)(H,45,47)(H,46,49)/b36-24+. The first-order valence-corrected chi connectivity index (χ1v) is 17.9. The molecule has 10 heteroatoms. The van der Waals surface area contributed by atoms with E-state index in [4.69, 9.17) is 4.74 Å². The highest BCUT2D eigenvalue weighted by molar-refractivity contribution is 8.00. The number of anilines is 2. The van der Waals surface area contributed by atoms with E-state index in [0.29, 0.717) is 38.0 Å². The summed E-state index contributed by atoms with van der Waals surface area (Å²) in [7, 11) is 1.53. The first-order chi connectivity index (χ1) is 25.4. The molecule has 8 nitrogen and oxygen atoms in total. The molecule has 3 amide bonds. The van der Waals surface area contributed by atoms with Crippen LogP contribution in [0, 0.1) is 11.3 Å². The number of methoxy groups -OCH3 is 1. The fourth-order valence-electron chi connectivity index (χ4n) is 5.33. The predicted octanol–water partition coefficient (Wildman–Crippen LogP) is 9.18. The molecule has 0 spiro atoms. The molecule has 256 valence electrons. The van der Waals surface area contributed by atoms with Gasteiger partial charge in [-0.3, -0.25) is 14.4 Å². The number of thiophene rings is 1. The summed E-state index contributed by atoms with van der Waals surface area (Å²) >= 11 is 2.61. The van der Waals surface area contributed by atoms with E-state index < -0.39 is 17.1 Å². The Bertz CT molecular complexity index is 2270. The summed E-state index contributed by atoms with van der Waals surface area (Å²) in [6, 6.07) is 44.1. The van der Waals surface area contributed by atoms with Crippen molar-refractivity contribution in [3.05, 3.63) is 173 Å². The summed E-state index contributed by atoms with van der Waals surface area (Å²) in [5.41, 5.74) is 4.29. The van der Waals surface area contributed by atoms with Gasteiger partial charge in [0.05, 0.1) is 12.7 Å². The number of nitrogens with one attached hydrogen (secondary N) is 3. The number of para-hydroxylation sites is 1. The Balaban J connectivity index is 1.25. The fraction of sp³-hybridized carbons (Fsp3) is 0.0476. The van der Waals surface area contributed by atoms with Crippen LogP contribution in [0.3, 0.4) is 0 Å². The van der Waals surface area contributed by atoms with Crippen LogP contribution in [0.4, 0.5) is 10.7 Å². The molecule has 1 atom stereocenters. The third-order valence-corrected chi connectivity index (χ3v) is 10.0. The van der Waals surface area contributed by atoms with Crippen molar-refractivity contribution in [1.82, 2.24) is 5.32 Å². The van der Waals surface area contributed by atoms with Gasteiger partial charge in [-0.1, -0.05) is 103 Å². The minimum absolute atomic E-state index is 0.0112. The normalized spacial score (nSPS) is 11.5. The van der Waals surface area contributed by atoms with Gasteiger partial charge in [0.25, 0.3) is 11.8 Å². The first kappa shape index (κ1) is 35.4. The molecule has 1 aromatic heterocycles. The second-order valence-corrected chi connectivity index (χ2v) is 13.4. The fourth-order valence-corrected chi connectivity index (χ4v) is 7.34. The summed E-state index contributed by atoms with van der Waals surface area (Å²) in [5, 5.41) is 20.4. The van der Waals surface area contributed by atoms with Crippen molar-refractivity contribution in [2.24, 2.45) is 0 Å². The van der Waals surface area contributed by atoms with Crippen molar-refractivity contribution >= 4 is 57.6 Å². The molecule has 0 saturated heterocycles. The molecular formula is C42H32N4O4S2. The zero-order valence-electron chi connectivity index (χ0n) is 27.9. The molecule has 0 aliphatic rings. The number of carbonyl (C=O) groups excluding carboxylic acids is 3. The number of nitrogens with zero attached hydrogens (tertiary/aromatic N) is 1. The topological polar surface area (TPSA) is 120 Å². The molecule has 0 aliphatic heterocycles. The maximum atomic E-state index is 14.0. The third kappa shape index (κ3) is 8.65. The van der Waals surface area contributed by atoms with Crippen LogP contribution >= 0.6 is 23.1 Å². The molecule has 0 radical (unpaired) electrons. The zero-order valence-corrected chi connectivity index (χ0v) is 29.5. The van der Waals surface area contributed by atoms with Gasteiger partial charge >= 0.3 is 0 Å². The smallest absolute Gasteiger partial charge is 0.272 e. The Morgan fingerprint density at radius 2 is 1.48 bits per heavy atom. The van der Waals surface area contributed by atoms with Crippen LogP contribution < -0.4 is 20.7 Å². The molecule has 5 aromatic carbocycles. The zero-order chi connectivity index (χ0) is 36.3. The molecule has 0 fully saturated rings. The van der Waals surface area contributed by atoms with Crippen molar-refractivity contribution in [2.45, 2.75) is 10.1 Å². The Hall–Kier alpha value is -6.41. The molecule has 1 heterocycles. The Labute approximate surface area is 309 Å². The number of nitriles is 1. The van der Waals surface area contributed by atoms with Gasteiger partial charge in [0.2, 0.25) is 5.91 Å². The Morgan fingerprint density at radius 3 is 2.19 bits per heavy atom. The van der Waals surface area contributed by atoms with E-state index in [2.05, 4.69) is 22.0 Å². The van der Waals surface area contributed by atoms with E-state index in [1.807, 2.05) is 84.2 Å². The summed E-state index contributed by atoms with van der Waals surface area (Å²) in [4.78, 5) is 41.6. The monoisotopic (exact) mass is 720 g/mol. The van der Waals surface area contributed by atoms with Crippen LogP contribution in [-0.4, -0.2) is 24.8 Å². The second-order valence-electron chi connectivity index (χ2n) is 11.3. The molecule has 0 saturated carbocycles. The van der Waals surface area contributed by atoms with Crippen LogP contribution in [0.2, 0.25) is 0 Å². The second kappa shape index (κ2) is 17.0. The minimum atomic E-state index is -0.688. The average Bonchev–Trinajstić information content (AvgIpc) is 3.60. The highest BCUT2D eigenvalue weighted by atomic mass is 32.2. The number of thioether (sulfide) groups is 1. The van der Waals surface area contributed by atoms with E-state index in [1.54, 1.807) is 66.7 Å². The lowest BCUT2D eigenvalue weighted by molar-refractivity contribution is -0.116. The SMILES string of the molecule is COc1ccccc1/C=C(/NC(=O)c1ccccc1)C(=O)Nc1cccc(SC(C(=O)Nc2scc(-c3ccccc3)c2C#N)c2ccccc2)c1. The van der Waals surface area contributed by atoms with Gasteiger partial charge in [0.1, 0.15) is 27.8 Å². The van der Waals surface area contributed by atoms with Gasteiger partial charge < -0.3 is 20.7 Å². The molecule has 52 heavy (non-hydrogen) atoms. The van der Waals surface area contributed by atoms with Crippen molar-refractivity contribution in [3.63, 3.8) is 0 Å². The predicted molar refractivity (Wildman–Crippen MR) is 208 cm³/mol. The quantitative estimate of drug-likeness (QED) is 0.0857. The van der Waals surface area contributed by atoms with Gasteiger partial charge in [-0.05, 0) is 53.6 Å². The Morgan fingerprint density at radius 1 is 0.808 bits per heavy atom. The van der Waals surface area contributed by atoms with E-state index >= 15 is 0 Å². The van der Waals surface area contributed by atoms with E-state index in [0.717, 1.165) is 16.7 Å². The summed E-state index contributed by atoms with van der Waals surface area (Å²) < 4.78 is 5.47. The highest BCUT2D eigenvalue weighted by Crippen LogP contribution is 2.40. The Kier molecular flexibility index (Phi) is 11.6. The van der Waals surface area contributed by atoms with Crippen molar-refractivity contribution in [2.75, 3.05) is 17.7 Å². The van der Waals surface area contributed by atoms with Crippen LogP contribution in [0.25, 0.3) is 17.2 Å². The maximum Gasteiger partial charge on any atom is 0.272 e. The molecule has 0 aliphatic carbocycles. The average molecular weight is 721 g/mol. The largest absolute Gasteiger partial charge is 0.496 e. The summed E-state index contributed by atoms with van der Waals surface area (Å²) in [6.45, 7) is 0. The van der Waals surface area contributed by atoms with Crippen LogP contribution in [0.5, 0.6) is 5.75 Å². The van der Waals surface area contributed by atoms with Gasteiger partial charge in [-0.15, -0.1) is 23.1 Å². The van der Waals surface area contributed by atoms with Crippen molar-refractivity contribution in [1.29, 1.82) is 5.26 Å². The molecular weight excluding hydrogens is 689 g/mol. The minimum Gasteiger partial charge on any atom is -0.496 e. The highest BCUT2D eigenvalue weighted by Gasteiger charge is 2.25. The summed E-state index contributed by atoms with van der Waals surface area (Å²) in [6.07, 6.45) is 1.56. The lowest BCUT2D eigenvalue weighted by Gasteiger charge is -2.18. The molecule has 3 N–H and O–H groups in total. The van der Waals surface area contributed by atoms with Crippen molar-refractivity contribution in [3.8, 4) is 22.9 Å². The number of rotatable bonds is 12. The number of hydrogen-bond acceptors (Lipinski definition) is 7. The molecule has 0 bridgehead atoms. The number of amides is 3. The number of benzene rings is 5. The van der Waals surface area contributed by atoms with E-state index in [-0.39, 0.29) is 11.6 Å². The van der Waals surface area contributed by atoms with E-state index in [1.165, 1.54) is 30.2 Å². The molecule has 6 aromatic rings. The van der Waals surface area contributed by atoms with Crippen LogP contribution in [0.1, 0.15) is 32.3 Å². The maximum absolute atomic E-state index is 14.0. The molecule has 6 rings (SSSR count). The van der Waals surface area contributed by atoms with E-state index in [9.17, 15) is 19.6 Å². The van der Waals surface area contributed by atoms with Crippen molar-refractivity contribution < 1.29 is 19.1 Å². The number of carbonyl (C=O) groups is 3. The number of ether oxygens (including phenoxy) is 1.